The zero-order valence-corrected chi connectivity index (χ0v) is 19.9. The molecule has 8 nitrogen and oxygen atoms in total. The molecule has 3 aliphatic heterocycles. The van der Waals surface area contributed by atoms with Gasteiger partial charge in [-0.15, -0.1) is 0 Å². The highest BCUT2D eigenvalue weighted by Gasteiger charge is 2.45. The SMILES string of the molecule is [2H]C([2H])([2H])N1C(=O)c2cccc(OC(F)F)c2[C@H]2C[C@@H]1c1nc3cc(F)c(-c4cnc5c(c4)OC[C@@]5(C)N)cc3n12. The first-order valence-corrected chi connectivity index (χ1v) is 11.9. The van der Waals surface area contributed by atoms with Gasteiger partial charge in [-0.25, -0.2) is 9.37 Å². The summed E-state index contributed by atoms with van der Waals surface area (Å²) in [6.45, 7) is -4.04. The fourth-order valence-corrected chi connectivity index (χ4v) is 5.78. The molecule has 2 aromatic heterocycles. The quantitative estimate of drug-likeness (QED) is 0.423. The molecule has 11 heteroatoms. The predicted octanol–water partition coefficient (Wildman–Crippen LogP) is 4.52. The van der Waals surface area contributed by atoms with Crippen molar-refractivity contribution >= 4 is 16.9 Å². The third-order valence-electron chi connectivity index (χ3n) is 7.47. The van der Waals surface area contributed by atoms with E-state index in [0.717, 1.165) is 4.90 Å². The lowest BCUT2D eigenvalue weighted by Crippen LogP contribution is -2.35. The number of aromatic nitrogens is 3. The number of imidazole rings is 1. The van der Waals surface area contributed by atoms with Gasteiger partial charge in [-0.3, -0.25) is 9.78 Å². The number of carbonyl (C=O) groups excluding carboxylic acids is 1. The second-order valence-corrected chi connectivity index (χ2v) is 9.98. The molecule has 0 fully saturated rings. The Hall–Kier alpha value is -4.12. The Balaban J connectivity index is 1.46. The summed E-state index contributed by atoms with van der Waals surface area (Å²) in [6.07, 6.45) is 1.54. The summed E-state index contributed by atoms with van der Waals surface area (Å²) in [5, 5.41) is 0. The second kappa shape index (κ2) is 7.70. The number of ether oxygens (including phenoxy) is 2. The molecule has 7 rings (SSSR count). The van der Waals surface area contributed by atoms with Crippen LogP contribution in [-0.4, -0.2) is 45.5 Å². The number of rotatable bonds is 3. The predicted molar refractivity (Wildman–Crippen MR) is 131 cm³/mol. The van der Waals surface area contributed by atoms with Gasteiger partial charge in [-0.2, -0.15) is 8.78 Å². The number of amides is 1. The molecule has 0 spiro atoms. The number of pyridine rings is 1. The van der Waals surface area contributed by atoms with Gasteiger partial charge in [0.05, 0.1) is 28.7 Å². The number of carbonyl (C=O) groups is 1. The van der Waals surface area contributed by atoms with Crippen LogP contribution in [0, 0.1) is 5.82 Å². The van der Waals surface area contributed by atoms with Crippen molar-refractivity contribution in [2.24, 2.45) is 5.73 Å². The minimum absolute atomic E-state index is 0.0506. The van der Waals surface area contributed by atoms with E-state index in [9.17, 15) is 13.6 Å². The van der Waals surface area contributed by atoms with Gasteiger partial charge in [0.15, 0.2) is 0 Å². The smallest absolute Gasteiger partial charge is 0.387 e. The molecule has 2 bridgehead atoms. The standard InChI is InChI=1S/C27H22F3N5O3/c1-27(31)11-37-21-6-12(10-32-23(21)27)14-7-17-16(8-15(14)28)33-24-19-9-18(35(17)24)22-13(25(36)34(19)2)4-3-5-20(22)38-26(29)30/h3-8,10,18-19,26H,9,11,31H2,1-2H3/t18-,19-,27-/m1/s1/i2D3. The van der Waals surface area contributed by atoms with Gasteiger partial charge in [0.25, 0.3) is 5.91 Å². The Bertz CT molecular complexity index is 1770. The van der Waals surface area contributed by atoms with Crippen LogP contribution in [0.15, 0.2) is 42.6 Å². The average molecular weight is 525 g/mol. The van der Waals surface area contributed by atoms with Crippen molar-refractivity contribution in [1.82, 2.24) is 19.4 Å². The van der Waals surface area contributed by atoms with Crippen LogP contribution < -0.4 is 15.2 Å². The maximum Gasteiger partial charge on any atom is 0.387 e. The summed E-state index contributed by atoms with van der Waals surface area (Å²) in [7, 11) is 0. The largest absolute Gasteiger partial charge is 0.489 e. The highest BCUT2D eigenvalue weighted by molar-refractivity contribution is 5.98. The molecule has 4 aromatic rings. The summed E-state index contributed by atoms with van der Waals surface area (Å²) in [5.41, 5.74) is 7.27. The molecule has 194 valence electrons. The summed E-state index contributed by atoms with van der Waals surface area (Å²) >= 11 is 0. The third-order valence-corrected chi connectivity index (χ3v) is 7.47. The third kappa shape index (κ3) is 3.11. The van der Waals surface area contributed by atoms with E-state index in [2.05, 4.69) is 9.97 Å². The van der Waals surface area contributed by atoms with Crippen LogP contribution >= 0.6 is 0 Å². The maximum absolute atomic E-state index is 15.5. The average Bonchev–Trinajstić information content (AvgIpc) is 3.49. The highest BCUT2D eigenvalue weighted by Crippen LogP contribution is 2.50. The Morgan fingerprint density at radius 2 is 2.11 bits per heavy atom. The number of halogens is 3. The number of hydrogen-bond acceptors (Lipinski definition) is 6. The lowest BCUT2D eigenvalue weighted by Gasteiger charge is -2.24. The van der Waals surface area contributed by atoms with Gasteiger partial charge in [0.2, 0.25) is 0 Å². The topological polar surface area (TPSA) is 95.5 Å². The van der Waals surface area contributed by atoms with E-state index in [4.69, 9.17) is 19.3 Å². The van der Waals surface area contributed by atoms with E-state index in [1.54, 1.807) is 23.6 Å². The van der Waals surface area contributed by atoms with E-state index >= 15 is 4.39 Å². The number of fused-ring (bicyclic) bond motifs is 10. The number of nitrogens with two attached hydrogens (primary N) is 1. The molecule has 1 amide bonds. The number of nitrogens with zero attached hydrogens (tertiary/aromatic N) is 4. The lowest BCUT2D eigenvalue weighted by molar-refractivity contribution is -0.0507. The van der Waals surface area contributed by atoms with Crippen LogP contribution in [0.4, 0.5) is 13.2 Å². The van der Waals surface area contributed by atoms with Gasteiger partial charge in [-0.05, 0) is 31.2 Å². The van der Waals surface area contributed by atoms with Gasteiger partial charge in [0, 0.05) is 52.0 Å². The summed E-state index contributed by atoms with van der Waals surface area (Å²) in [6, 6.07) is 6.66. The van der Waals surface area contributed by atoms with Gasteiger partial charge < -0.3 is 24.7 Å². The first kappa shape index (κ1) is 19.9. The van der Waals surface area contributed by atoms with E-state index in [0.29, 0.717) is 22.5 Å². The Labute approximate surface area is 219 Å². The monoisotopic (exact) mass is 524 g/mol. The van der Waals surface area contributed by atoms with E-state index < -0.39 is 42.9 Å². The molecule has 38 heavy (non-hydrogen) atoms. The van der Waals surface area contributed by atoms with Gasteiger partial charge in [-0.1, -0.05) is 6.07 Å². The van der Waals surface area contributed by atoms with Crippen LogP contribution in [0.2, 0.25) is 0 Å². The number of alkyl halides is 2. The maximum atomic E-state index is 15.5. The van der Waals surface area contributed by atoms with Crippen LogP contribution in [0.3, 0.4) is 0 Å². The van der Waals surface area contributed by atoms with E-state index in [1.807, 2.05) is 0 Å². The minimum Gasteiger partial charge on any atom is -0.489 e. The Kier molecular flexibility index (Phi) is 4.04. The van der Waals surface area contributed by atoms with Crippen molar-refractivity contribution in [2.75, 3.05) is 13.6 Å². The second-order valence-electron chi connectivity index (χ2n) is 9.98. The Morgan fingerprint density at radius 1 is 1.26 bits per heavy atom. The summed E-state index contributed by atoms with van der Waals surface area (Å²) in [4.78, 5) is 23.3. The van der Waals surface area contributed by atoms with Crippen molar-refractivity contribution in [3.8, 4) is 22.6 Å². The Morgan fingerprint density at radius 3 is 2.89 bits per heavy atom. The van der Waals surface area contributed by atoms with Gasteiger partial charge in [0.1, 0.15) is 35.4 Å². The first-order valence-electron chi connectivity index (χ1n) is 13.4. The molecule has 3 atom stereocenters. The van der Waals surface area contributed by atoms with Crippen LogP contribution in [0.5, 0.6) is 11.5 Å². The normalized spacial score (nSPS) is 24.8. The summed E-state index contributed by atoms with van der Waals surface area (Å²) < 4.78 is 78.9. The minimum atomic E-state index is -3.18. The van der Waals surface area contributed by atoms with Crippen molar-refractivity contribution < 1.29 is 31.6 Å². The summed E-state index contributed by atoms with van der Waals surface area (Å²) in [5.74, 6) is -1.07. The van der Waals surface area contributed by atoms with Crippen molar-refractivity contribution in [1.29, 1.82) is 0 Å². The zero-order valence-electron chi connectivity index (χ0n) is 22.9. The number of benzene rings is 2. The fourth-order valence-electron chi connectivity index (χ4n) is 5.78. The fraction of sp³-hybridized carbons (Fsp3) is 0.296. The molecular weight excluding hydrogens is 499 g/mol. The van der Waals surface area contributed by atoms with Crippen LogP contribution in [0.1, 0.15) is 57.0 Å². The molecule has 0 unspecified atom stereocenters. The molecule has 2 aromatic carbocycles. The van der Waals surface area contributed by atoms with Crippen molar-refractivity contribution in [3.63, 3.8) is 0 Å². The number of hydrogen-bond donors (Lipinski definition) is 1. The molecule has 0 saturated carbocycles. The van der Waals surface area contributed by atoms with Crippen LogP contribution in [0.25, 0.3) is 22.2 Å². The molecule has 0 saturated heterocycles. The van der Waals surface area contributed by atoms with Crippen molar-refractivity contribution in [2.45, 2.75) is 37.6 Å². The molecule has 0 aliphatic carbocycles. The molecular formula is C27H22F3N5O3. The highest BCUT2D eigenvalue weighted by atomic mass is 19.3. The molecule has 0 radical (unpaired) electrons. The lowest BCUT2D eigenvalue weighted by atomic mass is 9.97. The van der Waals surface area contributed by atoms with E-state index in [-0.39, 0.29) is 46.8 Å². The first-order chi connectivity index (χ1) is 19.3. The molecule has 5 heterocycles. The van der Waals surface area contributed by atoms with E-state index in [1.165, 1.54) is 30.5 Å². The molecule has 2 N–H and O–H groups in total. The van der Waals surface area contributed by atoms with Crippen molar-refractivity contribution in [3.05, 3.63) is 71.1 Å². The zero-order chi connectivity index (χ0) is 29.0. The molecule has 3 aliphatic rings. The van der Waals surface area contributed by atoms with Gasteiger partial charge >= 0.3 is 6.61 Å². The van der Waals surface area contributed by atoms with Crippen LogP contribution in [-0.2, 0) is 5.54 Å².